The molecule has 1 aliphatic heterocycles. The molecule has 170 valence electrons. The second-order valence-corrected chi connectivity index (χ2v) is 9.41. The highest BCUT2D eigenvalue weighted by atomic mass is 15.2. The average Bonchev–Trinajstić information content (AvgIpc) is 2.93. The van der Waals surface area contributed by atoms with Crippen molar-refractivity contribution in [2.45, 2.75) is 25.7 Å². The molecule has 0 N–H and O–H groups in total. The molecule has 35 heavy (non-hydrogen) atoms. The van der Waals surface area contributed by atoms with Crippen LogP contribution in [-0.2, 0) is 5.41 Å². The van der Waals surface area contributed by atoms with E-state index in [0.29, 0.717) is 0 Å². The molecule has 0 amide bonds. The van der Waals surface area contributed by atoms with Gasteiger partial charge in [0, 0.05) is 11.1 Å². The molecule has 1 unspecified atom stereocenters. The number of benzene rings is 5. The monoisotopic (exact) mass is 451 g/mol. The first-order valence-corrected chi connectivity index (χ1v) is 12.4. The summed E-state index contributed by atoms with van der Waals surface area (Å²) in [7, 11) is 0. The lowest BCUT2D eigenvalue weighted by molar-refractivity contribution is 0.587. The molecule has 5 aromatic rings. The summed E-state index contributed by atoms with van der Waals surface area (Å²) in [5.41, 5.74) is 11.3. The van der Waals surface area contributed by atoms with E-state index in [1.807, 2.05) is 0 Å². The van der Waals surface area contributed by atoms with E-state index in [1.54, 1.807) is 0 Å². The van der Waals surface area contributed by atoms with E-state index in [2.05, 4.69) is 146 Å². The molecule has 1 aliphatic rings. The number of anilines is 3. The molecule has 0 spiro atoms. The fourth-order valence-corrected chi connectivity index (χ4v) is 5.82. The second-order valence-electron chi connectivity index (χ2n) is 9.41. The van der Waals surface area contributed by atoms with Gasteiger partial charge in [-0.25, -0.2) is 0 Å². The summed E-state index contributed by atoms with van der Waals surface area (Å²) in [6.07, 6.45) is 0.991. The highest BCUT2D eigenvalue weighted by molar-refractivity contribution is 5.88. The highest BCUT2D eigenvalue weighted by Crippen LogP contribution is 2.56. The zero-order valence-corrected chi connectivity index (χ0v) is 20.3. The summed E-state index contributed by atoms with van der Waals surface area (Å²) in [4.78, 5) is 2.44. The summed E-state index contributed by atoms with van der Waals surface area (Å²) >= 11 is 0. The Balaban J connectivity index is 1.59. The Labute approximate surface area is 208 Å². The van der Waals surface area contributed by atoms with Crippen molar-refractivity contribution in [3.05, 3.63) is 150 Å². The topological polar surface area (TPSA) is 3.24 Å². The Hall–Kier alpha value is -4.10. The van der Waals surface area contributed by atoms with E-state index in [1.165, 1.54) is 50.4 Å². The van der Waals surface area contributed by atoms with Crippen molar-refractivity contribution in [2.75, 3.05) is 4.90 Å². The molecule has 1 atom stereocenters. The van der Waals surface area contributed by atoms with Crippen molar-refractivity contribution in [2.24, 2.45) is 0 Å². The summed E-state index contributed by atoms with van der Waals surface area (Å²) in [6.45, 7) is 4.52. The Morgan fingerprint density at radius 1 is 0.571 bits per heavy atom. The summed E-state index contributed by atoms with van der Waals surface area (Å²) < 4.78 is 0. The van der Waals surface area contributed by atoms with Crippen molar-refractivity contribution >= 4 is 17.1 Å². The van der Waals surface area contributed by atoms with Crippen LogP contribution < -0.4 is 4.90 Å². The smallest absolute Gasteiger partial charge is 0.0506 e. The highest BCUT2D eigenvalue weighted by Gasteiger charge is 2.43. The molecule has 0 fully saturated rings. The van der Waals surface area contributed by atoms with Gasteiger partial charge in [-0.15, -0.1) is 0 Å². The van der Waals surface area contributed by atoms with E-state index in [4.69, 9.17) is 0 Å². The SMILES string of the molecule is CCC1(c2ccccc2)c2ccccc2N(c2ccc(-c3ccccc3)cc2)c2ccc(C)cc21. The first kappa shape index (κ1) is 21.4. The van der Waals surface area contributed by atoms with Crippen LogP contribution in [0.5, 0.6) is 0 Å². The van der Waals surface area contributed by atoms with E-state index in [9.17, 15) is 0 Å². The van der Waals surface area contributed by atoms with Gasteiger partial charge in [0.15, 0.2) is 0 Å². The van der Waals surface area contributed by atoms with Gasteiger partial charge in [0.2, 0.25) is 0 Å². The number of aryl methyl sites for hydroxylation is 1. The van der Waals surface area contributed by atoms with E-state index in [0.717, 1.165) is 6.42 Å². The minimum absolute atomic E-state index is 0.195. The lowest BCUT2D eigenvalue weighted by atomic mass is 9.64. The molecule has 0 radical (unpaired) electrons. The van der Waals surface area contributed by atoms with Gasteiger partial charge in [0.05, 0.1) is 11.4 Å². The lowest BCUT2D eigenvalue weighted by Gasteiger charge is -2.46. The maximum atomic E-state index is 2.44. The summed E-state index contributed by atoms with van der Waals surface area (Å²) in [5.74, 6) is 0. The van der Waals surface area contributed by atoms with Crippen LogP contribution in [0.2, 0.25) is 0 Å². The molecular formula is C34H29N. The molecule has 1 heteroatoms. The van der Waals surface area contributed by atoms with E-state index < -0.39 is 0 Å². The average molecular weight is 452 g/mol. The molecule has 0 aromatic heterocycles. The predicted molar refractivity (Wildman–Crippen MR) is 148 cm³/mol. The van der Waals surface area contributed by atoms with Gasteiger partial charge in [-0.2, -0.15) is 0 Å². The third-order valence-corrected chi connectivity index (χ3v) is 7.49. The van der Waals surface area contributed by atoms with Crippen molar-refractivity contribution < 1.29 is 0 Å². The van der Waals surface area contributed by atoms with Crippen LogP contribution in [0.3, 0.4) is 0 Å². The quantitative estimate of drug-likeness (QED) is 0.263. The van der Waals surface area contributed by atoms with Gasteiger partial charge < -0.3 is 4.90 Å². The number of para-hydroxylation sites is 1. The zero-order chi connectivity index (χ0) is 23.8. The lowest BCUT2D eigenvalue weighted by Crippen LogP contribution is -2.36. The van der Waals surface area contributed by atoms with Gasteiger partial charge >= 0.3 is 0 Å². The van der Waals surface area contributed by atoms with Crippen molar-refractivity contribution in [3.63, 3.8) is 0 Å². The van der Waals surface area contributed by atoms with E-state index in [-0.39, 0.29) is 5.41 Å². The number of nitrogens with zero attached hydrogens (tertiary/aromatic N) is 1. The molecule has 6 rings (SSSR count). The van der Waals surface area contributed by atoms with Crippen LogP contribution in [0.15, 0.2) is 127 Å². The Morgan fingerprint density at radius 3 is 1.89 bits per heavy atom. The maximum Gasteiger partial charge on any atom is 0.0506 e. The standard InChI is InChI=1S/C34H29N/c1-3-34(28-14-8-5-9-15-28)30-16-10-11-17-32(30)35(33-23-18-25(2)24-31(33)34)29-21-19-27(20-22-29)26-12-6-4-7-13-26/h4-24H,3H2,1-2H3. The molecule has 0 bridgehead atoms. The molecular weight excluding hydrogens is 422 g/mol. The van der Waals surface area contributed by atoms with Crippen LogP contribution in [0, 0.1) is 6.92 Å². The van der Waals surface area contributed by atoms with Crippen LogP contribution in [-0.4, -0.2) is 0 Å². The van der Waals surface area contributed by atoms with E-state index >= 15 is 0 Å². The first-order valence-electron chi connectivity index (χ1n) is 12.4. The summed E-state index contributed by atoms with van der Waals surface area (Å²) in [6, 6.07) is 46.5. The largest absolute Gasteiger partial charge is 0.310 e. The van der Waals surface area contributed by atoms with Crippen molar-refractivity contribution in [1.29, 1.82) is 0 Å². The maximum absolute atomic E-state index is 2.44. The number of rotatable bonds is 4. The number of hydrogen-bond donors (Lipinski definition) is 0. The minimum atomic E-state index is -0.195. The predicted octanol–water partition coefficient (Wildman–Crippen LogP) is 9.19. The molecule has 5 aromatic carbocycles. The fourth-order valence-electron chi connectivity index (χ4n) is 5.82. The second kappa shape index (κ2) is 8.60. The number of hydrogen-bond acceptors (Lipinski definition) is 1. The van der Waals surface area contributed by atoms with Crippen LogP contribution >= 0.6 is 0 Å². The fraction of sp³-hybridized carbons (Fsp3) is 0.118. The third-order valence-electron chi connectivity index (χ3n) is 7.49. The van der Waals surface area contributed by atoms with Gasteiger partial charge in [0.25, 0.3) is 0 Å². The molecule has 1 nitrogen and oxygen atoms in total. The van der Waals surface area contributed by atoms with Crippen molar-refractivity contribution in [3.8, 4) is 11.1 Å². The molecule has 0 aliphatic carbocycles. The Morgan fingerprint density at radius 2 is 1.17 bits per heavy atom. The summed E-state index contributed by atoms with van der Waals surface area (Å²) in [5, 5.41) is 0. The molecule has 0 saturated heterocycles. The molecule has 1 heterocycles. The Kier molecular flexibility index (Phi) is 5.26. The van der Waals surface area contributed by atoms with Crippen LogP contribution in [0.1, 0.15) is 35.6 Å². The van der Waals surface area contributed by atoms with Gasteiger partial charge in [-0.1, -0.05) is 116 Å². The Bertz CT molecular complexity index is 1470. The van der Waals surface area contributed by atoms with Crippen LogP contribution in [0.25, 0.3) is 11.1 Å². The normalized spacial score (nSPS) is 16.5. The third kappa shape index (κ3) is 3.39. The van der Waals surface area contributed by atoms with Crippen molar-refractivity contribution in [1.82, 2.24) is 0 Å². The van der Waals surface area contributed by atoms with Gasteiger partial charge in [-0.05, 0) is 65.4 Å². The molecule has 0 saturated carbocycles. The van der Waals surface area contributed by atoms with Crippen LogP contribution in [0.4, 0.5) is 17.1 Å². The number of fused-ring (bicyclic) bond motifs is 2. The minimum Gasteiger partial charge on any atom is -0.310 e. The zero-order valence-electron chi connectivity index (χ0n) is 20.3. The first-order chi connectivity index (χ1) is 17.2. The van der Waals surface area contributed by atoms with Gasteiger partial charge in [-0.3, -0.25) is 0 Å². The van der Waals surface area contributed by atoms with Gasteiger partial charge in [0.1, 0.15) is 0 Å².